The molecule has 3 unspecified atom stereocenters. The molecule has 2 N–H and O–H groups in total. The number of ether oxygens (including phenoxy) is 2. The third-order valence-corrected chi connectivity index (χ3v) is 4.71. The van der Waals surface area contributed by atoms with Crippen LogP contribution in [0.3, 0.4) is 0 Å². The second-order valence-electron chi connectivity index (χ2n) is 6.02. The van der Waals surface area contributed by atoms with Crippen LogP contribution in [0.2, 0.25) is 0 Å². The SMILES string of the molecule is NC1CC2CCC(C1)N2CCOC1CCCCO1. The van der Waals surface area contributed by atoms with Crippen LogP contribution in [0.5, 0.6) is 0 Å². The van der Waals surface area contributed by atoms with Crippen molar-refractivity contribution in [2.75, 3.05) is 19.8 Å². The first-order valence-electron chi connectivity index (χ1n) is 7.57. The van der Waals surface area contributed by atoms with Gasteiger partial charge in [-0.2, -0.15) is 0 Å². The summed E-state index contributed by atoms with van der Waals surface area (Å²) in [4.78, 5) is 2.63. The summed E-state index contributed by atoms with van der Waals surface area (Å²) >= 11 is 0. The van der Waals surface area contributed by atoms with Gasteiger partial charge in [0.05, 0.1) is 6.61 Å². The maximum Gasteiger partial charge on any atom is 0.157 e. The van der Waals surface area contributed by atoms with Crippen molar-refractivity contribution in [1.82, 2.24) is 4.90 Å². The molecule has 0 amide bonds. The third-order valence-electron chi connectivity index (χ3n) is 4.71. The fourth-order valence-electron chi connectivity index (χ4n) is 3.81. The predicted octanol–water partition coefficient (Wildman–Crippen LogP) is 1.48. The summed E-state index contributed by atoms with van der Waals surface area (Å²) in [6.07, 6.45) is 8.58. The number of fused-ring (bicyclic) bond motifs is 2. The standard InChI is InChI=1S/C14H26N2O2/c15-11-9-12-4-5-13(10-11)16(12)6-8-18-14-3-1-2-7-17-14/h11-14H,1-10,15H2. The molecule has 0 radical (unpaired) electrons. The fraction of sp³-hybridized carbons (Fsp3) is 1.00. The Morgan fingerprint density at radius 2 is 1.89 bits per heavy atom. The minimum Gasteiger partial charge on any atom is -0.353 e. The highest BCUT2D eigenvalue weighted by molar-refractivity contribution is 4.96. The molecule has 4 heteroatoms. The van der Waals surface area contributed by atoms with E-state index in [1.807, 2.05) is 0 Å². The van der Waals surface area contributed by atoms with E-state index in [9.17, 15) is 0 Å². The van der Waals surface area contributed by atoms with Crippen molar-refractivity contribution in [3.05, 3.63) is 0 Å². The molecule has 3 aliphatic heterocycles. The molecule has 0 saturated carbocycles. The van der Waals surface area contributed by atoms with Gasteiger partial charge < -0.3 is 15.2 Å². The molecule has 3 rings (SSSR count). The van der Waals surface area contributed by atoms with E-state index in [2.05, 4.69) is 4.90 Å². The number of piperidine rings is 1. The quantitative estimate of drug-likeness (QED) is 0.825. The zero-order valence-corrected chi connectivity index (χ0v) is 11.2. The summed E-state index contributed by atoms with van der Waals surface area (Å²) in [7, 11) is 0. The van der Waals surface area contributed by atoms with E-state index in [4.69, 9.17) is 15.2 Å². The normalized spacial score (nSPS) is 41.2. The van der Waals surface area contributed by atoms with Gasteiger partial charge in [0.15, 0.2) is 6.29 Å². The highest BCUT2D eigenvalue weighted by Gasteiger charge is 2.39. The summed E-state index contributed by atoms with van der Waals surface area (Å²) in [5, 5.41) is 0. The van der Waals surface area contributed by atoms with Gasteiger partial charge in [0, 0.05) is 31.3 Å². The van der Waals surface area contributed by atoms with Crippen LogP contribution in [0.1, 0.15) is 44.9 Å². The maximum absolute atomic E-state index is 6.09. The Labute approximate surface area is 110 Å². The minimum atomic E-state index is 0.0588. The third kappa shape index (κ3) is 2.87. The average Bonchev–Trinajstić information content (AvgIpc) is 2.63. The van der Waals surface area contributed by atoms with E-state index < -0.39 is 0 Å². The van der Waals surface area contributed by atoms with Crippen LogP contribution in [0.15, 0.2) is 0 Å². The lowest BCUT2D eigenvalue weighted by Gasteiger charge is -2.37. The van der Waals surface area contributed by atoms with Gasteiger partial charge in [-0.05, 0) is 44.9 Å². The van der Waals surface area contributed by atoms with Crippen LogP contribution >= 0.6 is 0 Å². The maximum atomic E-state index is 6.09. The molecular weight excluding hydrogens is 228 g/mol. The second-order valence-corrected chi connectivity index (χ2v) is 6.02. The van der Waals surface area contributed by atoms with Gasteiger partial charge >= 0.3 is 0 Å². The first-order valence-corrected chi connectivity index (χ1v) is 7.57. The van der Waals surface area contributed by atoms with E-state index in [1.165, 1.54) is 38.5 Å². The molecule has 3 atom stereocenters. The molecule has 3 fully saturated rings. The van der Waals surface area contributed by atoms with Crippen molar-refractivity contribution in [3.8, 4) is 0 Å². The summed E-state index contributed by atoms with van der Waals surface area (Å²) in [6, 6.07) is 1.87. The molecule has 4 nitrogen and oxygen atoms in total. The molecule has 3 aliphatic rings. The van der Waals surface area contributed by atoms with Gasteiger partial charge in [0.1, 0.15) is 0 Å². The summed E-state index contributed by atoms with van der Waals surface area (Å²) in [5.41, 5.74) is 6.09. The molecule has 0 aromatic heterocycles. The Balaban J connectivity index is 1.40. The number of hydrogen-bond donors (Lipinski definition) is 1. The van der Waals surface area contributed by atoms with Crippen molar-refractivity contribution in [2.24, 2.45) is 5.73 Å². The molecule has 3 saturated heterocycles. The summed E-state index contributed by atoms with van der Waals surface area (Å²) < 4.78 is 11.4. The second kappa shape index (κ2) is 5.87. The Morgan fingerprint density at radius 3 is 2.56 bits per heavy atom. The Bertz CT molecular complexity index is 255. The van der Waals surface area contributed by atoms with Gasteiger partial charge in [-0.1, -0.05) is 0 Å². The zero-order valence-electron chi connectivity index (χ0n) is 11.2. The molecule has 0 spiro atoms. The number of hydrogen-bond acceptors (Lipinski definition) is 4. The van der Waals surface area contributed by atoms with E-state index in [0.717, 1.165) is 38.3 Å². The van der Waals surface area contributed by atoms with Gasteiger partial charge in [0.25, 0.3) is 0 Å². The summed E-state index contributed by atoms with van der Waals surface area (Å²) in [5.74, 6) is 0. The predicted molar refractivity (Wildman–Crippen MR) is 70.3 cm³/mol. The zero-order chi connectivity index (χ0) is 12.4. The topological polar surface area (TPSA) is 47.7 Å². The van der Waals surface area contributed by atoms with Crippen LogP contribution in [-0.4, -0.2) is 49.1 Å². The van der Waals surface area contributed by atoms with Crippen molar-refractivity contribution < 1.29 is 9.47 Å². The van der Waals surface area contributed by atoms with Crippen molar-refractivity contribution >= 4 is 0 Å². The number of nitrogens with two attached hydrogens (primary N) is 1. The molecule has 104 valence electrons. The lowest BCUT2D eigenvalue weighted by molar-refractivity contribution is -0.165. The van der Waals surface area contributed by atoms with E-state index in [-0.39, 0.29) is 6.29 Å². The van der Waals surface area contributed by atoms with Gasteiger partial charge in [-0.3, -0.25) is 4.90 Å². The fourth-order valence-corrected chi connectivity index (χ4v) is 3.81. The molecule has 18 heavy (non-hydrogen) atoms. The molecule has 2 bridgehead atoms. The van der Waals surface area contributed by atoms with Crippen molar-refractivity contribution in [1.29, 1.82) is 0 Å². The lowest BCUT2D eigenvalue weighted by atomic mass is 9.98. The van der Waals surface area contributed by atoms with Crippen molar-refractivity contribution in [3.63, 3.8) is 0 Å². The molecule has 0 aliphatic carbocycles. The molecule has 3 heterocycles. The number of rotatable bonds is 4. The lowest BCUT2D eigenvalue weighted by Crippen LogP contribution is -2.48. The van der Waals surface area contributed by atoms with Gasteiger partial charge in [0.2, 0.25) is 0 Å². The highest BCUT2D eigenvalue weighted by Crippen LogP contribution is 2.34. The van der Waals surface area contributed by atoms with Crippen LogP contribution in [0.25, 0.3) is 0 Å². The Kier molecular flexibility index (Phi) is 4.19. The van der Waals surface area contributed by atoms with Crippen LogP contribution in [0.4, 0.5) is 0 Å². The monoisotopic (exact) mass is 254 g/mol. The minimum absolute atomic E-state index is 0.0588. The van der Waals surface area contributed by atoms with Gasteiger partial charge in [-0.25, -0.2) is 0 Å². The van der Waals surface area contributed by atoms with Crippen LogP contribution in [-0.2, 0) is 9.47 Å². The highest BCUT2D eigenvalue weighted by atomic mass is 16.7. The van der Waals surface area contributed by atoms with E-state index in [1.54, 1.807) is 0 Å². The van der Waals surface area contributed by atoms with Gasteiger partial charge in [-0.15, -0.1) is 0 Å². The summed E-state index contributed by atoms with van der Waals surface area (Å²) in [6.45, 7) is 2.74. The Morgan fingerprint density at radius 1 is 1.11 bits per heavy atom. The molecule has 0 aromatic carbocycles. The largest absolute Gasteiger partial charge is 0.353 e. The van der Waals surface area contributed by atoms with E-state index >= 15 is 0 Å². The Hall–Kier alpha value is -0.160. The molecular formula is C14H26N2O2. The van der Waals surface area contributed by atoms with Crippen LogP contribution in [0, 0.1) is 0 Å². The van der Waals surface area contributed by atoms with Crippen molar-refractivity contribution in [2.45, 2.75) is 69.4 Å². The molecule has 0 aromatic rings. The number of nitrogens with zero attached hydrogens (tertiary/aromatic N) is 1. The first kappa shape index (κ1) is 12.9. The smallest absolute Gasteiger partial charge is 0.157 e. The first-order chi connectivity index (χ1) is 8.83. The average molecular weight is 254 g/mol. The van der Waals surface area contributed by atoms with Crippen LogP contribution < -0.4 is 5.73 Å². The van der Waals surface area contributed by atoms with E-state index in [0.29, 0.717) is 6.04 Å².